The number of carbonyl (C=O) groups is 3. The van der Waals surface area contributed by atoms with E-state index < -0.39 is 17.8 Å². The number of amides is 2. The van der Waals surface area contributed by atoms with Crippen molar-refractivity contribution in [3.05, 3.63) is 39.8 Å². The molecule has 2 aromatic rings. The molecule has 0 spiro atoms. The zero-order valence-electron chi connectivity index (χ0n) is 16.7. The van der Waals surface area contributed by atoms with Gasteiger partial charge >= 0.3 is 17.8 Å². The summed E-state index contributed by atoms with van der Waals surface area (Å²) in [6.45, 7) is 0. The standard InChI is InChI=1S/C20H21N3O6S/c1-27-13-8-4-6-11(16(13)28-2)10-21-23-18(25)17(24)22-19-15(20(26)29-3)12-7-5-9-14(12)30-19/h4,6,8,10H,5,7,9H2,1-3H3,(H,22,24)(H,23,25)/b21-10-. The molecule has 1 aliphatic rings. The molecule has 3 rings (SSSR count). The number of rotatable bonds is 6. The molecule has 2 amide bonds. The van der Waals surface area contributed by atoms with Crippen molar-refractivity contribution in [1.82, 2.24) is 5.43 Å². The first kappa shape index (κ1) is 21.3. The van der Waals surface area contributed by atoms with Crippen molar-refractivity contribution in [2.45, 2.75) is 19.3 Å². The highest BCUT2D eigenvalue weighted by Crippen LogP contribution is 2.39. The molecule has 0 atom stereocenters. The largest absolute Gasteiger partial charge is 0.493 e. The second-order valence-electron chi connectivity index (χ2n) is 6.29. The third-order valence-corrected chi connectivity index (χ3v) is 5.75. The number of ether oxygens (including phenoxy) is 3. The summed E-state index contributed by atoms with van der Waals surface area (Å²) < 4.78 is 15.3. The van der Waals surface area contributed by atoms with Crippen molar-refractivity contribution in [2.75, 3.05) is 26.6 Å². The van der Waals surface area contributed by atoms with Crippen molar-refractivity contribution >= 4 is 40.3 Å². The highest BCUT2D eigenvalue weighted by atomic mass is 32.1. The van der Waals surface area contributed by atoms with E-state index in [9.17, 15) is 14.4 Å². The summed E-state index contributed by atoms with van der Waals surface area (Å²) in [6.07, 6.45) is 3.86. The number of hydrogen-bond donors (Lipinski definition) is 2. The lowest BCUT2D eigenvalue weighted by atomic mass is 10.1. The fraction of sp³-hybridized carbons (Fsp3) is 0.300. The summed E-state index contributed by atoms with van der Waals surface area (Å²) in [5.74, 6) is -1.49. The van der Waals surface area contributed by atoms with Crippen LogP contribution in [0.3, 0.4) is 0 Å². The number of carbonyl (C=O) groups excluding carboxylic acids is 3. The van der Waals surface area contributed by atoms with Crippen LogP contribution in [0.2, 0.25) is 0 Å². The molecule has 1 aromatic carbocycles. The number of benzene rings is 1. The molecular formula is C20H21N3O6S. The van der Waals surface area contributed by atoms with Crippen LogP contribution >= 0.6 is 11.3 Å². The van der Waals surface area contributed by atoms with Gasteiger partial charge in [-0.15, -0.1) is 11.3 Å². The predicted octanol–water partition coefficient (Wildman–Crippen LogP) is 2.13. The van der Waals surface area contributed by atoms with Gasteiger partial charge in [0.05, 0.1) is 33.1 Å². The van der Waals surface area contributed by atoms with Crippen molar-refractivity contribution in [2.24, 2.45) is 5.10 Å². The van der Waals surface area contributed by atoms with Gasteiger partial charge < -0.3 is 19.5 Å². The summed E-state index contributed by atoms with van der Waals surface area (Å²) in [5.41, 5.74) is 3.92. The minimum absolute atomic E-state index is 0.310. The summed E-state index contributed by atoms with van der Waals surface area (Å²) in [6, 6.07) is 5.17. The van der Waals surface area contributed by atoms with E-state index >= 15 is 0 Å². The number of anilines is 1. The molecule has 158 valence electrons. The van der Waals surface area contributed by atoms with E-state index in [4.69, 9.17) is 14.2 Å². The molecule has 0 fully saturated rings. The van der Waals surface area contributed by atoms with Crippen LogP contribution in [-0.4, -0.2) is 45.3 Å². The number of thiophene rings is 1. The number of hydrogen-bond acceptors (Lipinski definition) is 8. The Bertz CT molecular complexity index is 1010. The number of fused-ring (bicyclic) bond motifs is 1. The number of aryl methyl sites for hydroxylation is 1. The van der Waals surface area contributed by atoms with Gasteiger partial charge in [0, 0.05) is 10.4 Å². The zero-order valence-corrected chi connectivity index (χ0v) is 17.6. The van der Waals surface area contributed by atoms with Gasteiger partial charge in [0.2, 0.25) is 0 Å². The van der Waals surface area contributed by atoms with E-state index in [0.717, 1.165) is 29.7 Å². The maximum Gasteiger partial charge on any atom is 0.341 e. The predicted molar refractivity (Wildman–Crippen MR) is 112 cm³/mol. The Hall–Kier alpha value is -3.40. The van der Waals surface area contributed by atoms with Gasteiger partial charge in [-0.2, -0.15) is 5.10 Å². The Kier molecular flexibility index (Phi) is 6.68. The number of para-hydroxylation sites is 1. The highest BCUT2D eigenvalue weighted by molar-refractivity contribution is 7.17. The van der Waals surface area contributed by atoms with Gasteiger partial charge in [-0.3, -0.25) is 9.59 Å². The molecule has 1 heterocycles. The molecule has 30 heavy (non-hydrogen) atoms. The van der Waals surface area contributed by atoms with Crippen LogP contribution < -0.4 is 20.2 Å². The quantitative estimate of drug-likeness (QED) is 0.313. The van der Waals surface area contributed by atoms with Crippen LogP contribution in [0.5, 0.6) is 11.5 Å². The monoisotopic (exact) mass is 431 g/mol. The average molecular weight is 431 g/mol. The van der Waals surface area contributed by atoms with E-state index in [1.807, 2.05) is 0 Å². The number of hydrazone groups is 1. The summed E-state index contributed by atoms with van der Waals surface area (Å²) in [5, 5.41) is 6.61. The molecule has 0 aliphatic heterocycles. The van der Waals surface area contributed by atoms with Crippen molar-refractivity contribution in [1.29, 1.82) is 0 Å². The second kappa shape index (κ2) is 9.40. The molecule has 1 aromatic heterocycles. The number of nitrogens with zero attached hydrogens (tertiary/aromatic N) is 1. The van der Waals surface area contributed by atoms with E-state index in [-0.39, 0.29) is 0 Å². The lowest BCUT2D eigenvalue weighted by Gasteiger charge is -2.09. The first-order valence-corrected chi connectivity index (χ1v) is 9.90. The smallest absolute Gasteiger partial charge is 0.341 e. The van der Waals surface area contributed by atoms with Crippen LogP contribution in [0.4, 0.5) is 5.00 Å². The Morgan fingerprint density at radius 2 is 1.90 bits per heavy atom. The fourth-order valence-electron chi connectivity index (χ4n) is 3.20. The number of esters is 1. The average Bonchev–Trinajstić information content (AvgIpc) is 3.33. The van der Waals surface area contributed by atoms with Crippen molar-refractivity contribution < 1.29 is 28.6 Å². The maximum absolute atomic E-state index is 12.3. The Morgan fingerprint density at radius 3 is 2.60 bits per heavy atom. The molecular weight excluding hydrogens is 410 g/mol. The van der Waals surface area contributed by atoms with Gasteiger partial charge in [-0.05, 0) is 37.0 Å². The van der Waals surface area contributed by atoms with Gasteiger partial charge in [0.15, 0.2) is 11.5 Å². The van der Waals surface area contributed by atoms with Crippen LogP contribution in [0.15, 0.2) is 23.3 Å². The second-order valence-corrected chi connectivity index (χ2v) is 7.39. The Morgan fingerprint density at radius 1 is 1.10 bits per heavy atom. The fourth-order valence-corrected chi connectivity index (χ4v) is 4.47. The Labute approximate surface area is 177 Å². The first-order chi connectivity index (χ1) is 14.5. The molecule has 2 N–H and O–H groups in total. The molecule has 10 heteroatoms. The minimum atomic E-state index is -0.975. The van der Waals surface area contributed by atoms with E-state index in [1.54, 1.807) is 18.2 Å². The van der Waals surface area contributed by atoms with Crippen LogP contribution in [0, 0.1) is 0 Å². The van der Waals surface area contributed by atoms with Gasteiger partial charge in [0.25, 0.3) is 0 Å². The molecule has 0 radical (unpaired) electrons. The first-order valence-electron chi connectivity index (χ1n) is 9.08. The minimum Gasteiger partial charge on any atom is -0.493 e. The van der Waals surface area contributed by atoms with Gasteiger partial charge in [0.1, 0.15) is 5.00 Å². The van der Waals surface area contributed by atoms with Crippen molar-refractivity contribution in [3.8, 4) is 11.5 Å². The third-order valence-electron chi connectivity index (χ3n) is 4.55. The number of methoxy groups -OCH3 is 3. The van der Waals surface area contributed by atoms with Gasteiger partial charge in [-0.25, -0.2) is 10.2 Å². The summed E-state index contributed by atoms with van der Waals surface area (Å²) in [4.78, 5) is 37.6. The number of nitrogens with one attached hydrogen (secondary N) is 2. The summed E-state index contributed by atoms with van der Waals surface area (Å²) in [7, 11) is 4.27. The third kappa shape index (κ3) is 4.28. The molecule has 1 aliphatic carbocycles. The normalized spacial score (nSPS) is 12.4. The highest BCUT2D eigenvalue weighted by Gasteiger charge is 2.29. The lowest BCUT2D eigenvalue weighted by Crippen LogP contribution is -2.32. The van der Waals surface area contributed by atoms with E-state index in [1.165, 1.54) is 38.9 Å². The zero-order chi connectivity index (χ0) is 21.7. The molecule has 0 saturated carbocycles. The molecule has 9 nitrogen and oxygen atoms in total. The topological polar surface area (TPSA) is 115 Å². The maximum atomic E-state index is 12.3. The van der Waals surface area contributed by atoms with E-state index in [0.29, 0.717) is 27.6 Å². The van der Waals surface area contributed by atoms with Crippen LogP contribution in [0.25, 0.3) is 0 Å². The Balaban J connectivity index is 1.69. The summed E-state index contributed by atoms with van der Waals surface area (Å²) >= 11 is 1.29. The molecule has 0 saturated heterocycles. The van der Waals surface area contributed by atoms with Crippen LogP contribution in [0.1, 0.15) is 32.8 Å². The lowest BCUT2D eigenvalue weighted by molar-refractivity contribution is -0.136. The van der Waals surface area contributed by atoms with Crippen LogP contribution in [-0.2, 0) is 27.2 Å². The van der Waals surface area contributed by atoms with Gasteiger partial charge in [-0.1, -0.05) is 6.07 Å². The van der Waals surface area contributed by atoms with Crippen molar-refractivity contribution in [3.63, 3.8) is 0 Å². The molecule has 0 bridgehead atoms. The molecule has 0 unspecified atom stereocenters. The SMILES string of the molecule is COC(=O)c1c(NC(=O)C(=O)N/N=C\c2cccc(OC)c2OC)sc2c1CCC2. The van der Waals surface area contributed by atoms with E-state index in [2.05, 4.69) is 15.8 Å².